The molecule has 0 aliphatic carbocycles. The Bertz CT molecular complexity index is 866. The average Bonchev–Trinajstić information content (AvgIpc) is 2.83. The van der Waals surface area contributed by atoms with Gasteiger partial charge in [0, 0.05) is 13.1 Å². The topological polar surface area (TPSA) is 23.5 Å². The van der Waals surface area contributed by atoms with E-state index < -0.39 is 6.10 Å². The number of hydrogen-bond donors (Lipinski definition) is 1. The van der Waals surface area contributed by atoms with Crippen molar-refractivity contribution in [1.29, 1.82) is 0 Å². The van der Waals surface area contributed by atoms with Gasteiger partial charge in [-0.05, 0) is 28.3 Å². The molecule has 126 valence electrons. The van der Waals surface area contributed by atoms with E-state index in [2.05, 4.69) is 83.8 Å². The normalized spacial score (nSPS) is 21.3. The quantitative estimate of drug-likeness (QED) is 0.704. The maximum Gasteiger partial charge on any atom is 0.0771 e. The maximum absolute atomic E-state index is 10.9. The summed E-state index contributed by atoms with van der Waals surface area (Å²) in [6, 6.07) is 25.3. The van der Waals surface area contributed by atoms with Gasteiger partial charge in [-0.25, -0.2) is 0 Å². The minimum atomic E-state index is -0.409. The van der Waals surface area contributed by atoms with Crippen molar-refractivity contribution in [2.24, 2.45) is 0 Å². The summed E-state index contributed by atoms with van der Waals surface area (Å²) in [6.07, 6.45) is 4.57. The van der Waals surface area contributed by atoms with Crippen molar-refractivity contribution in [2.75, 3.05) is 6.54 Å². The second-order valence-corrected chi connectivity index (χ2v) is 6.70. The molecule has 2 heteroatoms. The van der Waals surface area contributed by atoms with E-state index in [-0.39, 0.29) is 6.04 Å². The van der Waals surface area contributed by atoms with Gasteiger partial charge < -0.3 is 5.11 Å². The van der Waals surface area contributed by atoms with Crippen LogP contribution in [0.1, 0.15) is 23.6 Å². The van der Waals surface area contributed by atoms with Crippen molar-refractivity contribution in [1.82, 2.24) is 4.90 Å². The monoisotopic (exact) mass is 329 g/mol. The van der Waals surface area contributed by atoms with E-state index in [0.29, 0.717) is 6.42 Å². The van der Waals surface area contributed by atoms with Crippen molar-refractivity contribution >= 4 is 10.8 Å². The highest BCUT2D eigenvalue weighted by molar-refractivity contribution is 5.86. The standard InChI is InChI=1S/C23H23NO/c25-22-15-6-7-16-24(17-18-9-2-1-3-10-18)23(22)21-14-8-12-19-11-4-5-13-20(19)21/h1-14,22-23,25H,15-17H2/t22-,23+/m0/s1. The number of hydrogen-bond acceptors (Lipinski definition) is 2. The number of rotatable bonds is 3. The molecule has 2 atom stereocenters. The average molecular weight is 329 g/mol. The number of aliphatic hydroxyl groups is 1. The van der Waals surface area contributed by atoms with Gasteiger partial charge in [-0.2, -0.15) is 0 Å². The molecule has 2 nitrogen and oxygen atoms in total. The third-order valence-corrected chi connectivity index (χ3v) is 5.01. The Morgan fingerprint density at radius 3 is 2.48 bits per heavy atom. The van der Waals surface area contributed by atoms with Gasteiger partial charge in [0.1, 0.15) is 0 Å². The van der Waals surface area contributed by atoms with Gasteiger partial charge in [0.15, 0.2) is 0 Å². The Morgan fingerprint density at radius 1 is 0.840 bits per heavy atom. The van der Waals surface area contributed by atoms with Gasteiger partial charge >= 0.3 is 0 Å². The number of aliphatic hydroxyl groups excluding tert-OH is 1. The maximum atomic E-state index is 10.9. The molecule has 0 saturated heterocycles. The predicted octanol–water partition coefficient (Wildman–Crippen LogP) is 4.70. The molecule has 0 saturated carbocycles. The molecule has 0 spiro atoms. The summed E-state index contributed by atoms with van der Waals surface area (Å²) in [5.41, 5.74) is 2.49. The van der Waals surface area contributed by atoms with Crippen LogP contribution in [0.15, 0.2) is 84.9 Å². The van der Waals surface area contributed by atoms with Crippen LogP contribution in [0.4, 0.5) is 0 Å². The zero-order chi connectivity index (χ0) is 17.1. The lowest BCUT2D eigenvalue weighted by Crippen LogP contribution is -2.35. The molecule has 1 aliphatic heterocycles. The lowest BCUT2D eigenvalue weighted by Gasteiger charge is -2.34. The number of fused-ring (bicyclic) bond motifs is 1. The molecule has 3 aromatic carbocycles. The molecule has 1 heterocycles. The van der Waals surface area contributed by atoms with Gasteiger partial charge in [-0.1, -0.05) is 84.9 Å². The van der Waals surface area contributed by atoms with Crippen LogP contribution in [-0.2, 0) is 6.54 Å². The van der Waals surface area contributed by atoms with Crippen LogP contribution in [0.5, 0.6) is 0 Å². The fourth-order valence-electron chi connectivity index (χ4n) is 3.82. The lowest BCUT2D eigenvalue weighted by molar-refractivity contribution is 0.0572. The molecule has 0 radical (unpaired) electrons. The van der Waals surface area contributed by atoms with E-state index >= 15 is 0 Å². The molecule has 4 rings (SSSR count). The molecule has 25 heavy (non-hydrogen) atoms. The first-order valence-corrected chi connectivity index (χ1v) is 8.91. The Labute approximate surface area is 149 Å². The summed E-state index contributed by atoms with van der Waals surface area (Å²) in [5.74, 6) is 0. The first-order chi connectivity index (χ1) is 12.3. The van der Waals surface area contributed by atoms with Gasteiger partial charge in [-0.3, -0.25) is 4.90 Å². The number of benzene rings is 3. The van der Waals surface area contributed by atoms with Crippen LogP contribution in [0.25, 0.3) is 10.8 Å². The largest absolute Gasteiger partial charge is 0.391 e. The molecular weight excluding hydrogens is 306 g/mol. The summed E-state index contributed by atoms with van der Waals surface area (Å²) in [5, 5.41) is 13.4. The van der Waals surface area contributed by atoms with E-state index in [1.165, 1.54) is 21.9 Å². The SMILES string of the molecule is O[C@H]1CC=CCN(Cc2ccccc2)[C@@H]1c1cccc2ccccc12. The van der Waals surface area contributed by atoms with Crippen LogP contribution in [0.2, 0.25) is 0 Å². The molecular formula is C23H23NO. The highest BCUT2D eigenvalue weighted by Gasteiger charge is 2.29. The van der Waals surface area contributed by atoms with Gasteiger partial charge in [0.25, 0.3) is 0 Å². The molecule has 1 N–H and O–H groups in total. The highest BCUT2D eigenvalue weighted by Crippen LogP contribution is 2.34. The number of nitrogens with zero attached hydrogens (tertiary/aromatic N) is 1. The minimum Gasteiger partial charge on any atom is -0.391 e. The second kappa shape index (κ2) is 7.22. The first-order valence-electron chi connectivity index (χ1n) is 8.91. The summed E-state index contributed by atoms with van der Waals surface area (Å²) in [7, 11) is 0. The first kappa shape index (κ1) is 16.1. The summed E-state index contributed by atoms with van der Waals surface area (Å²) >= 11 is 0. The highest BCUT2D eigenvalue weighted by atomic mass is 16.3. The van der Waals surface area contributed by atoms with Gasteiger partial charge in [-0.15, -0.1) is 0 Å². The minimum absolute atomic E-state index is 0.0127. The second-order valence-electron chi connectivity index (χ2n) is 6.70. The molecule has 0 bridgehead atoms. The molecule has 0 aromatic heterocycles. The molecule has 1 aliphatic rings. The molecule has 0 fully saturated rings. The lowest BCUT2D eigenvalue weighted by atomic mass is 9.93. The Kier molecular flexibility index (Phi) is 4.64. The predicted molar refractivity (Wildman–Crippen MR) is 103 cm³/mol. The third-order valence-electron chi connectivity index (χ3n) is 5.01. The fourth-order valence-corrected chi connectivity index (χ4v) is 3.82. The fraction of sp³-hybridized carbons (Fsp3) is 0.217. The zero-order valence-corrected chi connectivity index (χ0v) is 14.3. The van der Waals surface area contributed by atoms with Crippen LogP contribution in [0, 0.1) is 0 Å². The summed E-state index contributed by atoms with van der Waals surface area (Å²) in [6.45, 7) is 1.68. The Hall–Kier alpha value is -2.42. The van der Waals surface area contributed by atoms with Crippen molar-refractivity contribution in [3.8, 4) is 0 Å². The van der Waals surface area contributed by atoms with Gasteiger partial charge in [0.05, 0.1) is 12.1 Å². The van der Waals surface area contributed by atoms with Crippen molar-refractivity contribution in [2.45, 2.75) is 25.1 Å². The molecule has 0 unspecified atom stereocenters. The smallest absolute Gasteiger partial charge is 0.0771 e. The van der Waals surface area contributed by atoms with Crippen molar-refractivity contribution in [3.63, 3.8) is 0 Å². The summed E-state index contributed by atoms with van der Waals surface area (Å²) < 4.78 is 0. The van der Waals surface area contributed by atoms with E-state index in [9.17, 15) is 5.11 Å². The van der Waals surface area contributed by atoms with E-state index in [1.54, 1.807) is 0 Å². The Morgan fingerprint density at radius 2 is 1.60 bits per heavy atom. The molecule has 0 amide bonds. The van der Waals surface area contributed by atoms with Crippen LogP contribution in [-0.4, -0.2) is 22.7 Å². The van der Waals surface area contributed by atoms with Crippen LogP contribution in [0.3, 0.4) is 0 Å². The summed E-state index contributed by atoms with van der Waals surface area (Å²) in [4.78, 5) is 2.38. The van der Waals surface area contributed by atoms with Crippen LogP contribution < -0.4 is 0 Å². The van der Waals surface area contributed by atoms with Crippen molar-refractivity contribution in [3.05, 3.63) is 96.1 Å². The van der Waals surface area contributed by atoms with Crippen LogP contribution >= 0.6 is 0 Å². The Balaban J connectivity index is 1.77. The van der Waals surface area contributed by atoms with E-state index in [1.807, 2.05) is 6.07 Å². The van der Waals surface area contributed by atoms with E-state index in [4.69, 9.17) is 0 Å². The van der Waals surface area contributed by atoms with Crippen molar-refractivity contribution < 1.29 is 5.11 Å². The third kappa shape index (κ3) is 3.37. The van der Waals surface area contributed by atoms with Gasteiger partial charge in [0.2, 0.25) is 0 Å². The molecule has 3 aromatic rings. The van der Waals surface area contributed by atoms with E-state index in [0.717, 1.165) is 13.1 Å². The zero-order valence-electron chi connectivity index (χ0n) is 14.3.